The number of ether oxygens (including phenoxy) is 2. The molecule has 0 unspecified atom stereocenters. The Kier molecular flexibility index (Phi) is 7.75. The summed E-state index contributed by atoms with van der Waals surface area (Å²) in [5.74, 6) is -0.819. The summed E-state index contributed by atoms with van der Waals surface area (Å²) in [6.45, 7) is 4.02. The Balaban J connectivity index is 1.43. The van der Waals surface area contributed by atoms with E-state index in [0.29, 0.717) is 33.0 Å². The van der Waals surface area contributed by atoms with E-state index in [0.717, 1.165) is 16.7 Å². The molecule has 0 saturated carbocycles. The van der Waals surface area contributed by atoms with Gasteiger partial charge in [-0.2, -0.15) is 0 Å². The molecule has 0 aliphatic carbocycles. The maximum atomic E-state index is 13.7. The first-order valence-corrected chi connectivity index (χ1v) is 13.5. The monoisotopic (exact) mass is 554 g/mol. The average molecular weight is 555 g/mol. The number of aromatic carboxylic acids is 1. The highest BCUT2D eigenvalue weighted by molar-refractivity contribution is 7.07. The van der Waals surface area contributed by atoms with E-state index in [2.05, 4.69) is 4.99 Å². The average Bonchev–Trinajstić information content (AvgIpc) is 3.26. The van der Waals surface area contributed by atoms with Gasteiger partial charge in [0.25, 0.3) is 5.56 Å². The van der Waals surface area contributed by atoms with Crippen LogP contribution < -0.4 is 19.6 Å². The van der Waals surface area contributed by atoms with E-state index in [1.165, 1.54) is 11.3 Å². The molecule has 5 rings (SSSR count). The summed E-state index contributed by atoms with van der Waals surface area (Å²) in [5.41, 5.74) is 3.32. The van der Waals surface area contributed by atoms with Crippen molar-refractivity contribution in [2.24, 2.45) is 4.99 Å². The van der Waals surface area contributed by atoms with Gasteiger partial charge in [0, 0.05) is 0 Å². The predicted octanol–water partition coefficient (Wildman–Crippen LogP) is 4.08. The molecule has 9 heteroatoms. The van der Waals surface area contributed by atoms with E-state index < -0.39 is 18.0 Å². The number of hydrogen-bond acceptors (Lipinski definition) is 7. The Bertz CT molecular complexity index is 1770. The van der Waals surface area contributed by atoms with Gasteiger partial charge in [0.05, 0.1) is 34.0 Å². The van der Waals surface area contributed by atoms with Gasteiger partial charge in [-0.25, -0.2) is 14.6 Å². The van der Waals surface area contributed by atoms with Crippen molar-refractivity contribution in [1.82, 2.24) is 4.57 Å². The quantitative estimate of drug-likeness (QED) is 0.329. The lowest BCUT2D eigenvalue weighted by Crippen LogP contribution is -2.39. The summed E-state index contributed by atoms with van der Waals surface area (Å²) in [7, 11) is 0. The molecule has 0 amide bonds. The number of esters is 1. The Morgan fingerprint density at radius 2 is 1.73 bits per heavy atom. The van der Waals surface area contributed by atoms with Crippen molar-refractivity contribution in [3.63, 3.8) is 0 Å². The zero-order chi connectivity index (χ0) is 28.2. The molecule has 8 nitrogen and oxygen atoms in total. The fourth-order valence-electron chi connectivity index (χ4n) is 4.46. The lowest BCUT2D eigenvalue weighted by molar-refractivity contribution is -0.139. The topological polar surface area (TPSA) is 107 Å². The van der Waals surface area contributed by atoms with Gasteiger partial charge in [-0.3, -0.25) is 9.36 Å². The van der Waals surface area contributed by atoms with E-state index >= 15 is 0 Å². The van der Waals surface area contributed by atoms with Gasteiger partial charge in [0.1, 0.15) is 12.4 Å². The number of thiazole rings is 1. The summed E-state index contributed by atoms with van der Waals surface area (Å²) in [6, 6.07) is 22.6. The third-order valence-electron chi connectivity index (χ3n) is 6.42. The highest BCUT2D eigenvalue weighted by atomic mass is 32.1. The Hall–Kier alpha value is -4.76. The molecule has 1 N–H and O–H groups in total. The molecule has 0 saturated heterocycles. The molecule has 0 bridgehead atoms. The number of hydrogen-bond donors (Lipinski definition) is 1. The van der Waals surface area contributed by atoms with Gasteiger partial charge in [-0.05, 0) is 60.9 Å². The van der Waals surface area contributed by atoms with Crippen molar-refractivity contribution in [2.75, 3.05) is 6.61 Å². The van der Waals surface area contributed by atoms with Gasteiger partial charge < -0.3 is 14.6 Å². The Morgan fingerprint density at radius 1 is 1.02 bits per heavy atom. The zero-order valence-electron chi connectivity index (χ0n) is 21.9. The van der Waals surface area contributed by atoms with E-state index in [9.17, 15) is 14.4 Å². The molecule has 2 heterocycles. The number of carbonyl (C=O) groups is 2. The Labute approximate surface area is 233 Å². The number of allylic oxidation sites excluding steroid dienone is 1. The van der Waals surface area contributed by atoms with Crippen LogP contribution in [0.1, 0.15) is 46.9 Å². The van der Waals surface area contributed by atoms with E-state index in [-0.39, 0.29) is 17.7 Å². The minimum atomic E-state index is -0.972. The molecule has 1 aliphatic rings. The maximum Gasteiger partial charge on any atom is 0.338 e. The number of rotatable bonds is 8. The van der Waals surface area contributed by atoms with Crippen LogP contribution in [0.25, 0.3) is 6.08 Å². The zero-order valence-corrected chi connectivity index (χ0v) is 22.7. The number of nitrogens with zero attached hydrogens (tertiary/aromatic N) is 2. The second kappa shape index (κ2) is 11.5. The van der Waals surface area contributed by atoms with Crippen molar-refractivity contribution in [2.45, 2.75) is 26.5 Å². The van der Waals surface area contributed by atoms with Crippen LogP contribution in [0.2, 0.25) is 0 Å². The highest BCUT2D eigenvalue weighted by Gasteiger charge is 2.33. The molecule has 202 valence electrons. The van der Waals surface area contributed by atoms with Crippen LogP contribution in [-0.4, -0.2) is 28.2 Å². The van der Waals surface area contributed by atoms with Crippen molar-refractivity contribution >= 4 is 29.4 Å². The molecule has 1 aromatic heterocycles. The summed E-state index contributed by atoms with van der Waals surface area (Å²) < 4.78 is 13.2. The molecule has 0 fully saturated rings. The number of carboxylic acid groups (broad SMARTS) is 1. The number of fused-ring (bicyclic) bond motifs is 1. The van der Waals surface area contributed by atoms with Crippen LogP contribution in [0.15, 0.2) is 99.9 Å². The molecule has 0 spiro atoms. The molecule has 4 aromatic rings. The normalized spacial score (nSPS) is 14.8. The lowest BCUT2D eigenvalue weighted by Gasteiger charge is -2.24. The molecular weight excluding hydrogens is 528 g/mol. The molecule has 0 radical (unpaired) electrons. The summed E-state index contributed by atoms with van der Waals surface area (Å²) in [4.78, 5) is 42.7. The third-order valence-corrected chi connectivity index (χ3v) is 7.40. The SMILES string of the molecule is CCOC(=O)C1=C(C)N=c2s/c(=C/c3ccc(OCc4ccc(C(=O)O)cc4)cc3)c(=O)n2[C@H]1c1ccccc1. The van der Waals surface area contributed by atoms with Crippen LogP contribution in [0, 0.1) is 0 Å². The van der Waals surface area contributed by atoms with Crippen LogP contribution in [0.4, 0.5) is 0 Å². The Morgan fingerprint density at radius 3 is 2.38 bits per heavy atom. The second-order valence-electron chi connectivity index (χ2n) is 9.07. The minimum Gasteiger partial charge on any atom is -0.489 e. The van der Waals surface area contributed by atoms with E-state index in [1.807, 2.05) is 54.6 Å². The summed E-state index contributed by atoms with van der Waals surface area (Å²) >= 11 is 1.27. The molecule has 40 heavy (non-hydrogen) atoms. The van der Waals surface area contributed by atoms with Crippen LogP contribution in [-0.2, 0) is 16.1 Å². The fraction of sp³-hybridized carbons (Fsp3) is 0.161. The van der Waals surface area contributed by atoms with Crippen LogP contribution in [0.3, 0.4) is 0 Å². The maximum absolute atomic E-state index is 13.7. The number of carboxylic acids is 1. The van der Waals surface area contributed by atoms with Crippen molar-refractivity contribution in [3.05, 3.63) is 132 Å². The smallest absolute Gasteiger partial charge is 0.338 e. The predicted molar refractivity (Wildman–Crippen MR) is 151 cm³/mol. The van der Waals surface area contributed by atoms with E-state index in [4.69, 9.17) is 14.6 Å². The van der Waals surface area contributed by atoms with Gasteiger partial charge in [-0.15, -0.1) is 0 Å². The first-order chi connectivity index (χ1) is 19.4. The fourth-order valence-corrected chi connectivity index (χ4v) is 5.51. The number of aromatic nitrogens is 1. The lowest BCUT2D eigenvalue weighted by atomic mass is 9.96. The largest absolute Gasteiger partial charge is 0.489 e. The molecule has 3 aromatic carbocycles. The van der Waals surface area contributed by atoms with Crippen molar-refractivity contribution in [1.29, 1.82) is 0 Å². The second-order valence-corrected chi connectivity index (χ2v) is 10.1. The van der Waals surface area contributed by atoms with Gasteiger partial charge >= 0.3 is 11.9 Å². The van der Waals surface area contributed by atoms with Gasteiger partial charge in [0.15, 0.2) is 4.80 Å². The molecular formula is C31H26N2O6S. The number of benzene rings is 3. The van der Waals surface area contributed by atoms with Gasteiger partial charge in [-0.1, -0.05) is 65.9 Å². The van der Waals surface area contributed by atoms with Crippen molar-refractivity contribution in [3.8, 4) is 5.75 Å². The first-order valence-electron chi connectivity index (χ1n) is 12.7. The van der Waals surface area contributed by atoms with Gasteiger partial charge in [0.2, 0.25) is 0 Å². The standard InChI is InChI=1S/C31H26N2O6S/c1-3-38-30(37)26-19(2)32-31-33(27(26)22-7-5-4-6-8-22)28(34)25(40-31)17-20-11-15-24(16-12-20)39-18-21-9-13-23(14-10-21)29(35)36/h4-17,27H,3,18H2,1-2H3,(H,35,36)/b25-17+/t27-/m0/s1. The molecule has 1 atom stereocenters. The third kappa shape index (κ3) is 5.50. The van der Waals surface area contributed by atoms with Crippen LogP contribution >= 0.6 is 11.3 Å². The summed E-state index contributed by atoms with van der Waals surface area (Å²) in [6.07, 6.45) is 1.80. The minimum absolute atomic E-state index is 0.220. The highest BCUT2D eigenvalue weighted by Crippen LogP contribution is 2.30. The summed E-state index contributed by atoms with van der Waals surface area (Å²) in [5, 5.41) is 9.03. The van der Waals surface area contributed by atoms with E-state index in [1.54, 1.807) is 48.8 Å². The number of carbonyl (C=O) groups excluding carboxylic acids is 1. The first kappa shape index (κ1) is 26.8. The van der Waals surface area contributed by atoms with Crippen LogP contribution in [0.5, 0.6) is 5.75 Å². The van der Waals surface area contributed by atoms with Crippen molar-refractivity contribution < 1.29 is 24.2 Å². The molecule has 1 aliphatic heterocycles.